The molecule has 0 heterocycles. The SMILES string of the molecule is C/C1=C/CC=CC(C)(N(CCO)CCCCO)CCCC1. The van der Waals surface area contributed by atoms with E-state index in [1.807, 2.05) is 0 Å². The Balaban J connectivity index is 2.76. The molecule has 0 saturated heterocycles. The molecule has 0 fully saturated rings. The van der Waals surface area contributed by atoms with Crippen LogP contribution < -0.4 is 0 Å². The highest BCUT2D eigenvalue weighted by Gasteiger charge is 2.28. The zero-order chi connectivity index (χ0) is 15.6. The number of aliphatic hydroxyl groups is 2. The predicted molar refractivity (Wildman–Crippen MR) is 89.4 cm³/mol. The molecule has 0 spiro atoms. The summed E-state index contributed by atoms with van der Waals surface area (Å²) in [5.74, 6) is 0. The average molecular weight is 295 g/mol. The van der Waals surface area contributed by atoms with E-state index in [1.165, 1.54) is 24.8 Å². The maximum Gasteiger partial charge on any atom is 0.0558 e. The van der Waals surface area contributed by atoms with E-state index in [4.69, 9.17) is 5.11 Å². The minimum absolute atomic E-state index is 0.0251. The van der Waals surface area contributed by atoms with Crippen molar-refractivity contribution in [1.82, 2.24) is 4.90 Å². The van der Waals surface area contributed by atoms with Crippen molar-refractivity contribution in [2.75, 3.05) is 26.3 Å². The monoisotopic (exact) mass is 295 g/mol. The van der Waals surface area contributed by atoms with Crippen molar-refractivity contribution in [3.63, 3.8) is 0 Å². The van der Waals surface area contributed by atoms with E-state index in [0.29, 0.717) is 6.54 Å². The Labute approximate surface area is 130 Å². The Morgan fingerprint density at radius 3 is 2.67 bits per heavy atom. The molecule has 1 aliphatic carbocycles. The zero-order valence-corrected chi connectivity index (χ0v) is 13.9. The van der Waals surface area contributed by atoms with Gasteiger partial charge in [0.15, 0.2) is 0 Å². The lowest BCUT2D eigenvalue weighted by Crippen LogP contribution is -2.47. The van der Waals surface area contributed by atoms with E-state index in [0.717, 1.165) is 32.2 Å². The van der Waals surface area contributed by atoms with Crippen LogP contribution in [0.3, 0.4) is 0 Å². The highest BCUT2D eigenvalue weighted by Crippen LogP contribution is 2.27. The van der Waals surface area contributed by atoms with Gasteiger partial charge < -0.3 is 10.2 Å². The molecule has 3 nitrogen and oxygen atoms in total. The molecule has 1 unspecified atom stereocenters. The molecule has 1 aliphatic rings. The number of aliphatic hydroxyl groups excluding tert-OH is 2. The van der Waals surface area contributed by atoms with Gasteiger partial charge in [-0.2, -0.15) is 0 Å². The van der Waals surface area contributed by atoms with Gasteiger partial charge in [-0.1, -0.05) is 30.2 Å². The lowest BCUT2D eigenvalue weighted by Gasteiger charge is -2.40. The smallest absolute Gasteiger partial charge is 0.0558 e. The normalized spacial score (nSPS) is 26.6. The van der Waals surface area contributed by atoms with Crippen molar-refractivity contribution in [2.24, 2.45) is 0 Å². The third kappa shape index (κ3) is 6.77. The first-order valence-corrected chi connectivity index (χ1v) is 8.42. The van der Waals surface area contributed by atoms with E-state index in [1.54, 1.807) is 0 Å². The fourth-order valence-electron chi connectivity index (χ4n) is 3.08. The Bertz CT molecular complexity index is 338. The predicted octanol–water partition coefficient (Wildman–Crippen LogP) is 3.28. The van der Waals surface area contributed by atoms with Gasteiger partial charge in [-0.3, -0.25) is 4.90 Å². The number of nitrogens with zero attached hydrogens (tertiary/aromatic N) is 1. The Morgan fingerprint density at radius 2 is 1.95 bits per heavy atom. The van der Waals surface area contributed by atoms with Crippen molar-refractivity contribution in [3.05, 3.63) is 23.8 Å². The summed E-state index contributed by atoms with van der Waals surface area (Å²) in [5.41, 5.74) is 1.52. The van der Waals surface area contributed by atoms with Gasteiger partial charge >= 0.3 is 0 Å². The maximum atomic E-state index is 9.37. The molecule has 0 radical (unpaired) electrons. The van der Waals surface area contributed by atoms with E-state index >= 15 is 0 Å². The van der Waals surface area contributed by atoms with Gasteiger partial charge in [0, 0.05) is 18.7 Å². The topological polar surface area (TPSA) is 43.7 Å². The molecular weight excluding hydrogens is 262 g/mol. The molecule has 1 atom stereocenters. The Morgan fingerprint density at radius 1 is 1.14 bits per heavy atom. The van der Waals surface area contributed by atoms with Crippen LogP contribution in [0.5, 0.6) is 0 Å². The van der Waals surface area contributed by atoms with Crippen LogP contribution in [0.15, 0.2) is 23.8 Å². The van der Waals surface area contributed by atoms with Crippen molar-refractivity contribution < 1.29 is 10.2 Å². The first-order chi connectivity index (χ1) is 10.1. The second-order valence-electron chi connectivity index (χ2n) is 6.39. The van der Waals surface area contributed by atoms with Gasteiger partial charge in [-0.25, -0.2) is 0 Å². The minimum atomic E-state index is 0.0251. The van der Waals surface area contributed by atoms with E-state index in [-0.39, 0.29) is 18.8 Å². The molecule has 122 valence electrons. The van der Waals surface area contributed by atoms with Gasteiger partial charge in [0.1, 0.15) is 0 Å². The molecule has 0 aliphatic heterocycles. The van der Waals surface area contributed by atoms with Crippen molar-refractivity contribution >= 4 is 0 Å². The van der Waals surface area contributed by atoms with Crippen LogP contribution in [0.1, 0.15) is 58.8 Å². The van der Waals surface area contributed by atoms with E-state index < -0.39 is 0 Å². The molecule has 0 bridgehead atoms. The van der Waals surface area contributed by atoms with Crippen LogP contribution in [-0.4, -0.2) is 47.0 Å². The van der Waals surface area contributed by atoms with Gasteiger partial charge in [-0.15, -0.1) is 0 Å². The van der Waals surface area contributed by atoms with Crippen LogP contribution >= 0.6 is 0 Å². The summed E-state index contributed by atoms with van der Waals surface area (Å²) < 4.78 is 0. The number of hydrogen-bond donors (Lipinski definition) is 2. The highest BCUT2D eigenvalue weighted by atomic mass is 16.3. The minimum Gasteiger partial charge on any atom is -0.396 e. The maximum absolute atomic E-state index is 9.37. The summed E-state index contributed by atoms with van der Waals surface area (Å²) in [6, 6.07) is 0. The van der Waals surface area contributed by atoms with Crippen molar-refractivity contribution in [1.29, 1.82) is 0 Å². The van der Waals surface area contributed by atoms with Gasteiger partial charge in [0.05, 0.1) is 6.61 Å². The van der Waals surface area contributed by atoms with E-state index in [9.17, 15) is 5.11 Å². The summed E-state index contributed by atoms with van der Waals surface area (Å²) in [7, 11) is 0. The number of allylic oxidation sites excluding steroid dienone is 3. The molecule has 3 heteroatoms. The number of hydrogen-bond acceptors (Lipinski definition) is 3. The largest absolute Gasteiger partial charge is 0.396 e. The zero-order valence-electron chi connectivity index (χ0n) is 13.9. The molecule has 2 N–H and O–H groups in total. The standard InChI is InChI=1S/C18H33NO2/c1-17-9-3-5-11-18(2,12-6-4-10-17)19(14-16-21)13-7-8-15-20/h5,9,11,20-21H,3-4,6-8,10,12-16H2,1-2H3/b11-5?,17-9-. The fourth-order valence-corrected chi connectivity index (χ4v) is 3.08. The summed E-state index contributed by atoms with van der Waals surface area (Å²) >= 11 is 0. The molecular formula is C18H33NO2. The second kappa shape index (κ2) is 10.1. The van der Waals surface area contributed by atoms with Crippen LogP contribution in [0.2, 0.25) is 0 Å². The molecule has 0 aromatic carbocycles. The number of β-amino-alcohol motifs (C(OH)–C–C–N with tert-alkyl or cyclic N) is 1. The Hall–Kier alpha value is -0.640. The van der Waals surface area contributed by atoms with Crippen LogP contribution in [0.4, 0.5) is 0 Å². The fraction of sp³-hybridized carbons (Fsp3) is 0.778. The first-order valence-electron chi connectivity index (χ1n) is 8.42. The third-order valence-electron chi connectivity index (χ3n) is 4.51. The Kier molecular flexibility index (Phi) is 8.90. The second-order valence-corrected chi connectivity index (χ2v) is 6.39. The first kappa shape index (κ1) is 18.4. The number of unbranched alkanes of at least 4 members (excludes halogenated alkanes) is 1. The quantitative estimate of drug-likeness (QED) is 0.559. The molecule has 0 aromatic rings. The molecule has 1 rings (SSSR count). The van der Waals surface area contributed by atoms with Crippen LogP contribution in [0, 0.1) is 0 Å². The third-order valence-corrected chi connectivity index (χ3v) is 4.51. The van der Waals surface area contributed by atoms with Crippen LogP contribution in [0.25, 0.3) is 0 Å². The molecule has 0 aromatic heterocycles. The summed E-state index contributed by atoms with van der Waals surface area (Å²) in [5, 5.41) is 18.3. The van der Waals surface area contributed by atoms with Crippen molar-refractivity contribution in [3.8, 4) is 0 Å². The summed E-state index contributed by atoms with van der Waals surface area (Å²) in [4.78, 5) is 2.39. The van der Waals surface area contributed by atoms with Gasteiger partial charge in [-0.05, 0) is 58.9 Å². The molecule has 0 amide bonds. The summed E-state index contributed by atoms with van der Waals surface area (Å²) in [6.07, 6.45) is 14.5. The lowest BCUT2D eigenvalue weighted by molar-refractivity contribution is 0.0999. The van der Waals surface area contributed by atoms with Gasteiger partial charge in [0.25, 0.3) is 0 Å². The number of rotatable bonds is 7. The molecule has 21 heavy (non-hydrogen) atoms. The highest BCUT2D eigenvalue weighted by molar-refractivity contribution is 5.10. The van der Waals surface area contributed by atoms with E-state index in [2.05, 4.69) is 37.0 Å². The lowest BCUT2D eigenvalue weighted by atomic mass is 9.89. The average Bonchev–Trinajstić information content (AvgIpc) is 2.47. The summed E-state index contributed by atoms with van der Waals surface area (Å²) in [6.45, 7) is 6.61. The van der Waals surface area contributed by atoms with Crippen molar-refractivity contribution in [2.45, 2.75) is 64.3 Å². The van der Waals surface area contributed by atoms with Gasteiger partial charge in [0.2, 0.25) is 0 Å². The van der Waals surface area contributed by atoms with Crippen LogP contribution in [-0.2, 0) is 0 Å². The molecule has 0 saturated carbocycles.